The minimum absolute atomic E-state index is 0.120. The molecule has 2 saturated heterocycles. The van der Waals surface area contributed by atoms with Crippen LogP contribution in [0.3, 0.4) is 0 Å². The van der Waals surface area contributed by atoms with Crippen molar-refractivity contribution in [3.8, 4) is 0 Å². The fourth-order valence-electron chi connectivity index (χ4n) is 4.68. The van der Waals surface area contributed by atoms with Crippen LogP contribution >= 0.6 is 0 Å². The highest BCUT2D eigenvalue weighted by Crippen LogP contribution is 2.35. The molecule has 2 heterocycles. The van der Waals surface area contributed by atoms with Crippen molar-refractivity contribution in [2.24, 2.45) is 0 Å². The van der Waals surface area contributed by atoms with E-state index in [2.05, 4.69) is 65.7 Å². The Hall–Kier alpha value is -2.33. The minimum Gasteiger partial charge on any atom is -0.381 e. The van der Waals surface area contributed by atoms with Crippen LogP contribution in [-0.2, 0) is 21.5 Å². The number of hydrogen-bond donors (Lipinski definition) is 1. The molecular weight excluding hydrogens is 360 g/mol. The summed E-state index contributed by atoms with van der Waals surface area (Å²) in [5, 5.41) is 3.24. The minimum atomic E-state index is -0.491. The van der Waals surface area contributed by atoms with Gasteiger partial charge in [-0.15, -0.1) is 0 Å². The lowest BCUT2D eigenvalue weighted by atomic mass is 9.73. The van der Waals surface area contributed by atoms with E-state index in [4.69, 9.17) is 4.74 Å². The lowest BCUT2D eigenvalue weighted by molar-refractivity contribution is -0.130. The Morgan fingerprint density at radius 3 is 2.55 bits per heavy atom. The molecule has 0 radical (unpaired) electrons. The van der Waals surface area contributed by atoms with E-state index in [1.54, 1.807) is 0 Å². The van der Waals surface area contributed by atoms with Gasteiger partial charge in [0.1, 0.15) is 0 Å². The first-order chi connectivity index (χ1) is 14.2. The van der Waals surface area contributed by atoms with Gasteiger partial charge in [0.15, 0.2) is 0 Å². The summed E-state index contributed by atoms with van der Waals surface area (Å²) in [6.07, 6.45) is 5.33. The summed E-state index contributed by atoms with van der Waals surface area (Å²) in [7, 11) is 0. The van der Waals surface area contributed by atoms with Gasteiger partial charge in [0.05, 0.1) is 5.41 Å². The number of nitrogens with one attached hydrogen (secondary N) is 1. The van der Waals surface area contributed by atoms with Crippen molar-refractivity contribution in [1.82, 2.24) is 5.32 Å². The highest BCUT2D eigenvalue weighted by molar-refractivity contribution is 5.88. The van der Waals surface area contributed by atoms with Gasteiger partial charge in [-0.05, 0) is 62.3 Å². The van der Waals surface area contributed by atoms with Gasteiger partial charge < -0.3 is 15.0 Å². The van der Waals surface area contributed by atoms with Crippen LogP contribution in [0, 0.1) is 6.92 Å². The molecule has 0 bridgehead atoms. The number of ether oxygens (including phenoxy) is 1. The molecule has 4 nitrogen and oxygen atoms in total. The first-order valence-corrected chi connectivity index (χ1v) is 10.9. The van der Waals surface area contributed by atoms with Crippen LogP contribution in [0.5, 0.6) is 0 Å². The molecule has 154 valence electrons. The molecular formula is C25H32N2O2. The average Bonchev–Trinajstić information content (AvgIpc) is 2.79. The first-order valence-electron chi connectivity index (χ1n) is 10.9. The monoisotopic (exact) mass is 392 g/mol. The molecule has 0 unspecified atom stereocenters. The van der Waals surface area contributed by atoms with Gasteiger partial charge in [0.25, 0.3) is 0 Å². The SMILES string of the molecule is Cc1cccc(C2(C(=O)NCc3cccc(N4CCCCC4)c3)CCOCC2)c1. The number of piperidine rings is 1. The Bertz CT molecular complexity index is 836. The molecule has 0 atom stereocenters. The standard InChI is InChI=1S/C25H32N2O2/c1-20-7-5-9-22(17-20)25(11-15-29-16-12-25)24(28)26-19-21-8-6-10-23(18-21)27-13-3-2-4-14-27/h5-10,17-18H,2-4,11-16,19H2,1H3,(H,26,28). The molecule has 1 N–H and O–H groups in total. The summed E-state index contributed by atoms with van der Waals surface area (Å²) < 4.78 is 5.59. The predicted molar refractivity (Wildman–Crippen MR) is 117 cm³/mol. The maximum absolute atomic E-state index is 13.4. The van der Waals surface area contributed by atoms with E-state index in [1.165, 1.54) is 30.5 Å². The van der Waals surface area contributed by atoms with E-state index in [9.17, 15) is 4.79 Å². The summed E-state index contributed by atoms with van der Waals surface area (Å²) in [6.45, 7) is 6.17. The van der Waals surface area contributed by atoms with Crippen molar-refractivity contribution < 1.29 is 9.53 Å². The Balaban J connectivity index is 1.48. The van der Waals surface area contributed by atoms with Crippen LogP contribution in [0.2, 0.25) is 0 Å². The third-order valence-electron chi connectivity index (χ3n) is 6.44. The van der Waals surface area contributed by atoms with Crippen molar-refractivity contribution in [3.63, 3.8) is 0 Å². The average molecular weight is 393 g/mol. The Labute approximate surface area is 174 Å². The van der Waals surface area contributed by atoms with Crippen molar-refractivity contribution in [2.75, 3.05) is 31.2 Å². The van der Waals surface area contributed by atoms with Gasteiger partial charge in [-0.2, -0.15) is 0 Å². The Kier molecular flexibility index (Phi) is 6.19. The van der Waals surface area contributed by atoms with Crippen LogP contribution in [0.15, 0.2) is 48.5 Å². The molecule has 1 amide bonds. The zero-order valence-electron chi connectivity index (χ0n) is 17.5. The molecule has 2 aliphatic rings. The summed E-state index contributed by atoms with van der Waals surface area (Å²) in [4.78, 5) is 15.9. The molecule has 0 spiro atoms. The maximum Gasteiger partial charge on any atom is 0.231 e. The number of nitrogens with zero attached hydrogens (tertiary/aromatic N) is 1. The van der Waals surface area contributed by atoms with Crippen molar-refractivity contribution in [3.05, 3.63) is 65.2 Å². The van der Waals surface area contributed by atoms with Crippen LogP contribution in [0.4, 0.5) is 5.69 Å². The third kappa shape index (κ3) is 4.48. The molecule has 4 rings (SSSR count). The van der Waals surface area contributed by atoms with Crippen molar-refractivity contribution >= 4 is 11.6 Å². The third-order valence-corrected chi connectivity index (χ3v) is 6.44. The second-order valence-electron chi connectivity index (χ2n) is 8.46. The second kappa shape index (κ2) is 9.00. The Morgan fingerprint density at radius 2 is 1.79 bits per heavy atom. The van der Waals surface area contributed by atoms with Crippen LogP contribution < -0.4 is 10.2 Å². The largest absolute Gasteiger partial charge is 0.381 e. The fourth-order valence-corrected chi connectivity index (χ4v) is 4.68. The van der Waals surface area contributed by atoms with Crippen molar-refractivity contribution in [1.29, 1.82) is 0 Å². The second-order valence-corrected chi connectivity index (χ2v) is 8.46. The number of carbonyl (C=O) groups is 1. The van der Waals surface area contributed by atoms with E-state index < -0.39 is 5.41 Å². The van der Waals surface area contributed by atoms with Crippen LogP contribution in [-0.4, -0.2) is 32.2 Å². The zero-order valence-corrected chi connectivity index (χ0v) is 17.5. The number of hydrogen-bond acceptors (Lipinski definition) is 3. The number of benzene rings is 2. The quantitative estimate of drug-likeness (QED) is 0.822. The van der Waals surface area contributed by atoms with E-state index in [-0.39, 0.29) is 5.91 Å². The molecule has 0 saturated carbocycles. The summed E-state index contributed by atoms with van der Waals surface area (Å²) in [5.41, 5.74) is 4.24. The smallest absolute Gasteiger partial charge is 0.231 e. The highest BCUT2D eigenvalue weighted by atomic mass is 16.5. The molecule has 4 heteroatoms. The summed E-state index contributed by atoms with van der Waals surface area (Å²) >= 11 is 0. The van der Waals surface area contributed by atoms with Gasteiger partial charge in [-0.1, -0.05) is 42.0 Å². The molecule has 2 aliphatic heterocycles. The van der Waals surface area contributed by atoms with Crippen LogP contribution in [0.25, 0.3) is 0 Å². The number of amides is 1. The van der Waals surface area contributed by atoms with Gasteiger partial charge in [0.2, 0.25) is 5.91 Å². The molecule has 29 heavy (non-hydrogen) atoms. The van der Waals surface area contributed by atoms with Gasteiger partial charge in [0, 0.05) is 38.5 Å². The number of rotatable bonds is 5. The van der Waals surface area contributed by atoms with Gasteiger partial charge >= 0.3 is 0 Å². The lowest BCUT2D eigenvalue weighted by Gasteiger charge is -2.36. The van der Waals surface area contributed by atoms with E-state index in [0.29, 0.717) is 19.8 Å². The van der Waals surface area contributed by atoms with Gasteiger partial charge in [-0.25, -0.2) is 0 Å². The highest BCUT2D eigenvalue weighted by Gasteiger charge is 2.41. The number of anilines is 1. The maximum atomic E-state index is 13.4. The molecule has 2 aromatic rings. The molecule has 0 aromatic heterocycles. The summed E-state index contributed by atoms with van der Waals surface area (Å²) in [5.74, 6) is 0.120. The molecule has 2 fully saturated rings. The fraction of sp³-hybridized carbons (Fsp3) is 0.480. The number of aryl methyl sites for hydroxylation is 1. The normalized spacial score (nSPS) is 19.0. The van der Waals surface area contributed by atoms with Crippen molar-refractivity contribution in [2.45, 2.75) is 51.0 Å². The Morgan fingerprint density at radius 1 is 1.03 bits per heavy atom. The van der Waals surface area contributed by atoms with E-state index in [0.717, 1.165) is 37.1 Å². The molecule has 2 aromatic carbocycles. The van der Waals surface area contributed by atoms with Crippen LogP contribution in [0.1, 0.15) is 48.8 Å². The predicted octanol–water partition coefficient (Wildman–Crippen LogP) is 4.35. The molecule has 0 aliphatic carbocycles. The number of carbonyl (C=O) groups excluding carboxylic acids is 1. The summed E-state index contributed by atoms with van der Waals surface area (Å²) in [6, 6.07) is 17.0. The lowest BCUT2D eigenvalue weighted by Crippen LogP contribution is -2.47. The zero-order chi connectivity index (χ0) is 20.1. The van der Waals surface area contributed by atoms with Gasteiger partial charge in [-0.3, -0.25) is 4.79 Å². The first kappa shape index (κ1) is 20.0. The van der Waals surface area contributed by atoms with E-state index >= 15 is 0 Å². The van der Waals surface area contributed by atoms with E-state index in [1.807, 2.05) is 0 Å². The topological polar surface area (TPSA) is 41.6 Å².